The summed E-state index contributed by atoms with van der Waals surface area (Å²) in [5, 5.41) is 1.64. The largest absolute Gasteiger partial charge is 0.492 e. The number of aryl methyl sites for hydroxylation is 1. The number of cyclic esters (lactones) is 2. The molecule has 4 aromatic rings. The molecule has 0 saturated carbocycles. The number of carbonyl (C=O) groups excluding carboxylic acids is 2. The van der Waals surface area contributed by atoms with E-state index in [-0.39, 0.29) is 11.1 Å². The molecule has 35 heavy (non-hydrogen) atoms. The van der Waals surface area contributed by atoms with E-state index in [1.807, 2.05) is 54.2 Å². The van der Waals surface area contributed by atoms with Gasteiger partial charge in [-0.15, -0.1) is 0 Å². The number of hydrogen-bond acceptors (Lipinski definition) is 7. The standard InChI is InChI=1S/C27H24N2O6/c1-28-16-21(19-4-2-3-5-22(19)28)24-23(26(30)35-27(24)31)20-15-18(14-17-6-10-34-25(17)20)33-13-9-29-7-11-32-12-8-29/h2-6,10,14-16H,7-9,11-13H2,1H3. The van der Waals surface area contributed by atoms with Crippen molar-refractivity contribution >= 4 is 45.0 Å². The highest BCUT2D eigenvalue weighted by Crippen LogP contribution is 2.41. The third-order valence-corrected chi connectivity index (χ3v) is 6.58. The van der Waals surface area contributed by atoms with Crippen LogP contribution in [-0.2, 0) is 26.1 Å². The van der Waals surface area contributed by atoms with Gasteiger partial charge in [-0.2, -0.15) is 0 Å². The van der Waals surface area contributed by atoms with E-state index < -0.39 is 11.9 Å². The number of ether oxygens (including phenoxy) is 3. The van der Waals surface area contributed by atoms with Crippen molar-refractivity contribution < 1.29 is 28.2 Å². The summed E-state index contributed by atoms with van der Waals surface area (Å²) in [6, 6.07) is 13.2. The number of para-hydroxylation sites is 1. The van der Waals surface area contributed by atoms with Crippen LogP contribution in [0.15, 0.2) is 59.3 Å². The molecule has 0 amide bonds. The van der Waals surface area contributed by atoms with Gasteiger partial charge in [-0.3, -0.25) is 4.90 Å². The maximum absolute atomic E-state index is 13.0. The molecule has 0 spiro atoms. The molecule has 2 aromatic heterocycles. The van der Waals surface area contributed by atoms with Crippen LogP contribution in [0.5, 0.6) is 5.75 Å². The van der Waals surface area contributed by atoms with Crippen LogP contribution >= 0.6 is 0 Å². The van der Waals surface area contributed by atoms with Gasteiger partial charge >= 0.3 is 11.9 Å². The van der Waals surface area contributed by atoms with Crippen molar-refractivity contribution in [2.24, 2.45) is 7.05 Å². The van der Waals surface area contributed by atoms with E-state index in [1.165, 1.54) is 0 Å². The summed E-state index contributed by atoms with van der Waals surface area (Å²) in [5.41, 5.74) is 3.00. The van der Waals surface area contributed by atoms with Crippen molar-refractivity contribution in [2.45, 2.75) is 0 Å². The molecule has 0 unspecified atom stereocenters. The Hall–Kier alpha value is -3.88. The van der Waals surface area contributed by atoms with E-state index in [2.05, 4.69) is 4.90 Å². The smallest absolute Gasteiger partial charge is 0.347 e. The van der Waals surface area contributed by atoms with Crippen LogP contribution in [0.4, 0.5) is 0 Å². The monoisotopic (exact) mass is 472 g/mol. The molecule has 1 saturated heterocycles. The van der Waals surface area contributed by atoms with Crippen LogP contribution in [0.1, 0.15) is 11.1 Å². The minimum atomic E-state index is -0.693. The van der Waals surface area contributed by atoms with Crippen LogP contribution in [0, 0.1) is 0 Å². The quantitative estimate of drug-likeness (QED) is 0.313. The molecule has 8 nitrogen and oxygen atoms in total. The lowest BCUT2D eigenvalue weighted by atomic mass is 9.95. The zero-order valence-corrected chi connectivity index (χ0v) is 19.3. The predicted molar refractivity (Wildman–Crippen MR) is 130 cm³/mol. The van der Waals surface area contributed by atoms with Crippen LogP contribution in [-0.4, -0.2) is 60.9 Å². The van der Waals surface area contributed by atoms with Crippen LogP contribution in [0.2, 0.25) is 0 Å². The third kappa shape index (κ3) is 3.80. The van der Waals surface area contributed by atoms with Crippen molar-refractivity contribution in [2.75, 3.05) is 39.5 Å². The van der Waals surface area contributed by atoms with Crippen LogP contribution in [0.25, 0.3) is 33.0 Å². The van der Waals surface area contributed by atoms with Gasteiger partial charge in [-0.05, 0) is 24.3 Å². The van der Waals surface area contributed by atoms with E-state index in [4.69, 9.17) is 18.6 Å². The highest BCUT2D eigenvalue weighted by atomic mass is 16.6. The maximum Gasteiger partial charge on any atom is 0.347 e. The topological polar surface area (TPSA) is 83.1 Å². The number of rotatable bonds is 6. The third-order valence-electron chi connectivity index (χ3n) is 6.58. The molecule has 4 heterocycles. The first-order chi connectivity index (χ1) is 17.1. The second kappa shape index (κ2) is 8.72. The second-order valence-corrected chi connectivity index (χ2v) is 8.71. The zero-order chi connectivity index (χ0) is 23.9. The van der Waals surface area contributed by atoms with E-state index >= 15 is 0 Å². The molecule has 2 aliphatic heterocycles. The summed E-state index contributed by atoms with van der Waals surface area (Å²) in [5.74, 6) is -0.764. The van der Waals surface area contributed by atoms with Gasteiger partial charge in [0.25, 0.3) is 0 Å². The minimum absolute atomic E-state index is 0.185. The molecule has 2 aromatic carbocycles. The lowest BCUT2D eigenvalue weighted by molar-refractivity contribution is -0.149. The Balaban J connectivity index is 1.43. The molecule has 1 fully saturated rings. The Morgan fingerprint density at radius 2 is 1.74 bits per heavy atom. The fourth-order valence-corrected chi connectivity index (χ4v) is 4.86. The molecule has 0 radical (unpaired) electrons. The number of morpholine rings is 1. The lowest BCUT2D eigenvalue weighted by Gasteiger charge is -2.26. The summed E-state index contributed by atoms with van der Waals surface area (Å²) in [6.45, 7) is 4.47. The Bertz CT molecular complexity index is 1490. The van der Waals surface area contributed by atoms with Crippen LogP contribution < -0.4 is 4.74 Å². The van der Waals surface area contributed by atoms with Crippen molar-refractivity contribution in [3.05, 3.63) is 66.1 Å². The number of furan rings is 1. The summed E-state index contributed by atoms with van der Waals surface area (Å²) in [7, 11) is 1.90. The fraction of sp³-hybridized carbons (Fsp3) is 0.259. The highest BCUT2D eigenvalue weighted by molar-refractivity contribution is 6.46. The molecular weight excluding hydrogens is 448 g/mol. The molecule has 0 bridgehead atoms. The van der Waals surface area contributed by atoms with E-state index in [9.17, 15) is 9.59 Å². The number of aromatic nitrogens is 1. The first kappa shape index (κ1) is 21.6. The highest BCUT2D eigenvalue weighted by Gasteiger charge is 2.38. The molecule has 0 N–H and O–H groups in total. The predicted octanol–water partition coefficient (Wildman–Crippen LogP) is 3.63. The SMILES string of the molecule is Cn1cc(C2=C(c3cc(OCCN4CCOCC4)cc4ccoc34)C(=O)OC2=O)c2ccccc21. The molecule has 0 aliphatic carbocycles. The van der Waals surface area contributed by atoms with E-state index in [0.29, 0.717) is 29.1 Å². The normalized spacial score (nSPS) is 17.1. The number of esters is 2. The first-order valence-electron chi connectivity index (χ1n) is 11.6. The van der Waals surface area contributed by atoms with E-state index in [1.54, 1.807) is 12.3 Å². The number of benzene rings is 2. The van der Waals surface area contributed by atoms with Gasteiger partial charge in [-0.1, -0.05) is 18.2 Å². The molecule has 8 heteroatoms. The summed E-state index contributed by atoms with van der Waals surface area (Å²) >= 11 is 0. The number of carbonyl (C=O) groups is 2. The summed E-state index contributed by atoms with van der Waals surface area (Å²) < 4.78 is 24.3. The molecule has 2 aliphatic rings. The van der Waals surface area contributed by atoms with Gasteiger partial charge in [0.05, 0.1) is 30.6 Å². The average molecular weight is 472 g/mol. The van der Waals surface area contributed by atoms with Crippen LogP contribution in [0.3, 0.4) is 0 Å². The number of hydrogen-bond donors (Lipinski definition) is 0. The Morgan fingerprint density at radius 3 is 2.57 bits per heavy atom. The molecule has 0 atom stereocenters. The molecule has 6 rings (SSSR count). The van der Waals surface area contributed by atoms with Crippen molar-refractivity contribution in [3.8, 4) is 5.75 Å². The van der Waals surface area contributed by atoms with Gasteiger partial charge in [-0.25, -0.2) is 9.59 Å². The van der Waals surface area contributed by atoms with Crippen molar-refractivity contribution in [3.63, 3.8) is 0 Å². The minimum Gasteiger partial charge on any atom is -0.492 e. The van der Waals surface area contributed by atoms with Gasteiger partial charge in [0.1, 0.15) is 17.9 Å². The molecular formula is C27H24N2O6. The summed E-state index contributed by atoms with van der Waals surface area (Å²) in [6.07, 6.45) is 3.41. The Morgan fingerprint density at radius 1 is 0.971 bits per heavy atom. The first-order valence-corrected chi connectivity index (χ1v) is 11.6. The zero-order valence-electron chi connectivity index (χ0n) is 19.3. The van der Waals surface area contributed by atoms with Gasteiger partial charge in [0.15, 0.2) is 0 Å². The maximum atomic E-state index is 13.0. The summed E-state index contributed by atoms with van der Waals surface area (Å²) in [4.78, 5) is 28.2. The van der Waals surface area contributed by atoms with E-state index in [0.717, 1.165) is 49.1 Å². The van der Waals surface area contributed by atoms with Crippen molar-refractivity contribution in [1.29, 1.82) is 0 Å². The lowest BCUT2D eigenvalue weighted by Crippen LogP contribution is -2.38. The molecule has 178 valence electrons. The Kier molecular flexibility index (Phi) is 5.39. The number of nitrogens with zero attached hydrogens (tertiary/aromatic N) is 2. The Labute approximate surface area is 201 Å². The van der Waals surface area contributed by atoms with Gasteiger partial charge in [0, 0.05) is 60.3 Å². The number of fused-ring (bicyclic) bond motifs is 2. The van der Waals surface area contributed by atoms with Gasteiger partial charge in [0.2, 0.25) is 0 Å². The average Bonchev–Trinajstić information content (AvgIpc) is 3.55. The van der Waals surface area contributed by atoms with Crippen molar-refractivity contribution in [1.82, 2.24) is 9.47 Å². The van der Waals surface area contributed by atoms with Gasteiger partial charge < -0.3 is 23.2 Å². The fourth-order valence-electron chi connectivity index (χ4n) is 4.86. The second-order valence-electron chi connectivity index (χ2n) is 8.71.